The summed E-state index contributed by atoms with van der Waals surface area (Å²) in [6.45, 7) is 4.85. The summed E-state index contributed by atoms with van der Waals surface area (Å²) in [5.74, 6) is -2.13. The Balaban J connectivity index is 5.12. The van der Waals surface area contributed by atoms with E-state index in [4.69, 9.17) is 37.0 Å². The fraction of sp³-hybridized carbons (Fsp3) is 0.944. The summed E-state index contributed by atoms with van der Waals surface area (Å²) in [6, 6.07) is 0. The van der Waals surface area contributed by atoms with Crippen LogP contribution in [0.3, 0.4) is 0 Å². The Hall–Kier alpha value is -1.94. The molecular weight excluding hydrogens is 1190 g/mol. The molecule has 0 aliphatic rings. The lowest BCUT2D eigenvalue weighted by molar-refractivity contribution is -0.161. The molecule has 0 spiro atoms. The van der Waals surface area contributed by atoms with Gasteiger partial charge in [-0.05, 0) is 25.7 Å². The average Bonchev–Trinajstić information content (AvgIpc) is 3.69. The van der Waals surface area contributed by atoms with E-state index in [1.54, 1.807) is 0 Å². The summed E-state index contributed by atoms with van der Waals surface area (Å²) in [5.41, 5.74) is 0. The molecule has 17 nitrogen and oxygen atoms in total. The van der Waals surface area contributed by atoms with Gasteiger partial charge in [-0.2, -0.15) is 0 Å². The van der Waals surface area contributed by atoms with Crippen LogP contribution < -0.4 is 0 Å². The van der Waals surface area contributed by atoms with Gasteiger partial charge in [-0.15, -0.1) is 0 Å². The predicted molar refractivity (Wildman–Crippen MR) is 363 cm³/mol. The van der Waals surface area contributed by atoms with Crippen molar-refractivity contribution in [1.29, 1.82) is 0 Å². The minimum Gasteiger partial charge on any atom is -0.462 e. The summed E-state index contributed by atoms with van der Waals surface area (Å²) in [6.07, 6.45) is 54.6. The van der Waals surface area contributed by atoms with Gasteiger partial charge in [0, 0.05) is 25.7 Å². The molecule has 0 aromatic carbocycles. The zero-order valence-corrected chi connectivity index (χ0v) is 59.9. The molecule has 19 heteroatoms. The summed E-state index contributed by atoms with van der Waals surface area (Å²) in [5, 5.41) is 10.6. The number of hydrogen-bond acceptors (Lipinski definition) is 15. The lowest BCUT2D eigenvalue weighted by atomic mass is 10.0. The summed E-state index contributed by atoms with van der Waals surface area (Å²) in [4.78, 5) is 72.2. The van der Waals surface area contributed by atoms with Gasteiger partial charge in [-0.3, -0.25) is 37.3 Å². The Morgan fingerprint density at radius 3 is 0.656 bits per heavy atom. The SMILES string of the molecule is CCCCCCCCCCCCCCCCCCCCCC(=O)O[C@H](COC(=O)CCCCCCCCCCCCCCCCCCC)COP(=O)(O)OC[C@@H](O)COP(=O)(O)OC[C@@H](COC(=O)CCCCCCC)OC(=O)CCCCCCCCCCC. The number of rotatable bonds is 72. The number of unbranched alkanes of at least 4 members (excludes halogenated alkanes) is 46. The molecule has 90 heavy (non-hydrogen) atoms. The maximum Gasteiger partial charge on any atom is 0.472 e. The van der Waals surface area contributed by atoms with Crippen molar-refractivity contribution >= 4 is 39.5 Å². The second-order valence-corrected chi connectivity index (χ2v) is 28.5. The van der Waals surface area contributed by atoms with Crippen LogP contribution in [0.1, 0.15) is 374 Å². The van der Waals surface area contributed by atoms with Crippen molar-refractivity contribution in [1.82, 2.24) is 0 Å². The van der Waals surface area contributed by atoms with Crippen LogP contribution in [-0.2, 0) is 65.4 Å². The smallest absolute Gasteiger partial charge is 0.462 e. The minimum atomic E-state index is -4.95. The number of aliphatic hydroxyl groups excluding tert-OH is 1. The number of carbonyl (C=O) groups excluding carboxylic acids is 4. The second kappa shape index (κ2) is 65.7. The lowest BCUT2D eigenvalue weighted by Crippen LogP contribution is -2.30. The highest BCUT2D eigenvalue weighted by Gasteiger charge is 2.30. The number of phosphoric ester groups is 2. The summed E-state index contributed by atoms with van der Waals surface area (Å²) >= 11 is 0. The Morgan fingerprint density at radius 1 is 0.267 bits per heavy atom. The first kappa shape index (κ1) is 88.1. The number of aliphatic hydroxyl groups is 1. The second-order valence-electron chi connectivity index (χ2n) is 25.6. The van der Waals surface area contributed by atoms with Gasteiger partial charge >= 0.3 is 39.5 Å². The Bertz CT molecular complexity index is 1720. The zero-order valence-electron chi connectivity index (χ0n) is 58.1. The first-order valence-corrected chi connectivity index (χ1v) is 40.3. The third-order valence-corrected chi connectivity index (χ3v) is 18.5. The zero-order chi connectivity index (χ0) is 66.1. The molecule has 5 atom stereocenters. The first-order chi connectivity index (χ1) is 43.7. The van der Waals surface area contributed by atoms with Crippen molar-refractivity contribution < 1.29 is 80.2 Å². The van der Waals surface area contributed by atoms with Crippen molar-refractivity contribution in [3.05, 3.63) is 0 Å². The van der Waals surface area contributed by atoms with Crippen LogP contribution in [0.2, 0.25) is 0 Å². The third kappa shape index (κ3) is 64.8. The Morgan fingerprint density at radius 2 is 0.444 bits per heavy atom. The first-order valence-electron chi connectivity index (χ1n) is 37.3. The molecule has 534 valence electrons. The fourth-order valence-corrected chi connectivity index (χ4v) is 12.4. The van der Waals surface area contributed by atoms with Crippen LogP contribution in [0, 0.1) is 0 Å². The van der Waals surface area contributed by atoms with E-state index in [0.717, 1.165) is 96.3 Å². The molecule has 0 fully saturated rings. The number of esters is 4. The van der Waals surface area contributed by atoms with Gasteiger partial charge in [-0.1, -0.05) is 323 Å². The Labute approximate surface area is 549 Å². The standard InChI is InChI=1S/C71H138O17P2/c1-5-9-13-17-20-23-25-27-29-31-32-34-36-38-40-43-46-50-54-58-71(76)88-67(62-82-69(74)56-52-48-44-42-39-37-35-33-30-28-26-24-21-18-14-10-6-2)64-86-90(79,80)84-60-65(72)59-83-89(77,78)85-63-66(61-81-68(73)55-51-47-16-12-8-4)87-70(75)57-53-49-45-41-22-19-15-11-7-3/h65-67,72H,5-64H2,1-4H3,(H,77,78)(H,79,80)/t65-,66+,67+/m0/s1. The fourth-order valence-electron chi connectivity index (χ4n) is 10.9. The molecule has 3 N–H and O–H groups in total. The molecule has 0 saturated heterocycles. The molecule has 0 radical (unpaired) electrons. The van der Waals surface area contributed by atoms with Crippen LogP contribution in [-0.4, -0.2) is 96.7 Å². The highest BCUT2D eigenvalue weighted by Crippen LogP contribution is 2.45. The van der Waals surface area contributed by atoms with E-state index < -0.39 is 97.5 Å². The van der Waals surface area contributed by atoms with Crippen molar-refractivity contribution in [2.24, 2.45) is 0 Å². The van der Waals surface area contributed by atoms with Crippen molar-refractivity contribution in [3.63, 3.8) is 0 Å². The molecule has 0 aromatic heterocycles. The maximum absolute atomic E-state index is 13.0. The maximum atomic E-state index is 13.0. The van der Waals surface area contributed by atoms with E-state index in [2.05, 4.69) is 27.7 Å². The highest BCUT2D eigenvalue weighted by molar-refractivity contribution is 7.47. The van der Waals surface area contributed by atoms with Gasteiger partial charge in [0.1, 0.15) is 19.3 Å². The molecule has 0 aliphatic heterocycles. The Kier molecular flexibility index (Phi) is 64.3. The van der Waals surface area contributed by atoms with E-state index in [9.17, 15) is 43.2 Å². The third-order valence-electron chi connectivity index (χ3n) is 16.6. The van der Waals surface area contributed by atoms with E-state index in [0.29, 0.717) is 25.7 Å². The van der Waals surface area contributed by atoms with E-state index in [-0.39, 0.29) is 25.7 Å². The molecule has 0 bridgehead atoms. The highest BCUT2D eigenvalue weighted by atomic mass is 31.2. The van der Waals surface area contributed by atoms with Gasteiger partial charge in [0.2, 0.25) is 0 Å². The monoisotopic (exact) mass is 1320 g/mol. The molecule has 0 rings (SSSR count). The van der Waals surface area contributed by atoms with Gasteiger partial charge in [0.05, 0.1) is 26.4 Å². The average molecular weight is 1330 g/mol. The number of hydrogen-bond donors (Lipinski definition) is 3. The van der Waals surface area contributed by atoms with Crippen LogP contribution in [0.25, 0.3) is 0 Å². The largest absolute Gasteiger partial charge is 0.472 e. The van der Waals surface area contributed by atoms with Gasteiger partial charge in [-0.25, -0.2) is 9.13 Å². The quantitative estimate of drug-likeness (QED) is 0.0222. The van der Waals surface area contributed by atoms with Crippen LogP contribution >= 0.6 is 15.6 Å². The van der Waals surface area contributed by atoms with Gasteiger partial charge in [0.15, 0.2) is 12.2 Å². The van der Waals surface area contributed by atoms with E-state index in [1.165, 1.54) is 199 Å². The van der Waals surface area contributed by atoms with Crippen LogP contribution in [0.15, 0.2) is 0 Å². The number of phosphoric acid groups is 2. The van der Waals surface area contributed by atoms with Crippen LogP contribution in [0.4, 0.5) is 0 Å². The summed E-state index contributed by atoms with van der Waals surface area (Å²) in [7, 11) is -9.89. The van der Waals surface area contributed by atoms with Crippen molar-refractivity contribution in [2.45, 2.75) is 393 Å². The van der Waals surface area contributed by atoms with Crippen molar-refractivity contribution in [2.75, 3.05) is 39.6 Å². The van der Waals surface area contributed by atoms with Gasteiger partial charge < -0.3 is 33.8 Å². The molecule has 0 saturated carbocycles. The number of carbonyl (C=O) groups is 4. The van der Waals surface area contributed by atoms with Crippen molar-refractivity contribution in [3.8, 4) is 0 Å². The molecule has 2 unspecified atom stereocenters. The summed E-state index contributed by atoms with van der Waals surface area (Å²) < 4.78 is 68.0. The van der Waals surface area contributed by atoms with E-state index in [1.807, 2.05) is 0 Å². The molecular formula is C71H138O17P2. The van der Waals surface area contributed by atoms with Gasteiger partial charge in [0.25, 0.3) is 0 Å². The molecule has 0 aromatic rings. The normalized spacial score (nSPS) is 14.0. The number of ether oxygens (including phenoxy) is 4. The van der Waals surface area contributed by atoms with E-state index >= 15 is 0 Å². The molecule has 0 heterocycles. The minimum absolute atomic E-state index is 0.105. The topological polar surface area (TPSA) is 237 Å². The lowest BCUT2D eigenvalue weighted by Gasteiger charge is -2.21. The predicted octanol–water partition coefficient (Wildman–Crippen LogP) is 20.7. The van der Waals surface area contributed by atoms with Crippen LogP contribution in [0.5, 0.6) is 0 Å². The molecule has 0 amide bonds. The molecule has 0 aliphatic carbocycles.